The Morgan fingerprint density at radius 3 is 2.65 bits per heavy atom. The molecule has 1 N–H and O–H groups in total. The number of esters is 1. The molecule has 2 rings (SSSR count). The van der Waals surface area contributed by atoms with Crippen molar-refractivity contribution in [1.29, 1.82) is 0 Å². The summed E-state index contributed by atoms with van der Waals surface area (Å²) in [7, 11) is 0. The van der Waals surface area contributed by atoms with E-state index in [9.17, 15) is 14.0 Å². The number of ether oxygens (including phenoxy) is 1. The lowest BCUT2D eigenvalue weighted by molar-refractivity contribution is -0.119. The Balaban J connectivity index is 1.96. The number of carbonyl (C=O) groups is 2. The van der Waals surface area contributed by atoms with Gasteiger partial charge in [0.25, 0.3) is 5.91 Å². The second-order valence-electron chi connectivity index (χ2n) is 5.00. The molecular weight excluding hydrogens is 365 g/mol. The molecule has 0 saturated heterocycles. The van der Waals surface area contributed by atoms with Crippen LogP contribution in [0, 0.1) is 19.7 Å². The third-order valence-corrected chi connectivity index (χ3v) is 3.86. The Bertz CT molecular complexity index is 761. The molecule has 23 heavy (non-hydrogen) atoms. The first-order chi connectivity index (χ1) is 10.9. The minimum atomic E-state index is -0.607. The molecule has 0 aliphatic rings. The van der Waals surface area contributed by atoms with Crippen LogP contribution in [-0.4, -0.2) is 18.5 Å². The number of hydrogen-bond acceptors (Lipinski definition) is 3. The van der Waals surface area contributed by atoms with Gasteiger partial charge in [-0.25, -0.2) is 9.18 Å². The van der Waals surface area contributed by atoms with Crippen LogP contribution in [0.15, 0.2) is 40.9 Å². The highest BCUT2D eigenvalue weighted by Gasteiger charge is 2.14. The first kappa shape index (κ1) is 17.1. The quantitative estimate of drug-likeness (QED) is 0.816. The molecule has 0 unspecified atom stereocenters. The lowest BCUT2D eigenvalue weighted by Gasteiger charge is -2.10. The van der Waals surface area contributed by atoms with Gasteiger partial charge in [-0.2, -0.15) is 0 Å². The van der Waals surface area contributed by atoms with Crippen LogP contribution in [0.2, 0.25) is 0 Å². The first-order valence-electron chi connectivity index (χ1n) is 6.86. The summed E-state index contributed by atoms with van der Waals surface area (Å²) in [5.41, 5.74) is 2.20. The van der Waals surface area contributed by atoms with Crippen LogP contribution in [0.4, 0.5) is 10.1 Å². The van der Waals surface area contributed by atoms with Crippen molar-refractivity contribution >= 4 is 33.5 Å². The van der Waals surface area contributed by atoms with Crippen LogP contribution in [0.5, 0.6) is 0 Å². The van der Waals surface area contributed by atoms with Gasteiger partial charge in [0, 0.05) is 4.47 Å². The lowest BCUT2D eigenvalue weighted by atomic mass is 10.0. The van der Waals surface area contributed by atoms with Crippen LogP contribution in [-0.2, 0) is 9.53 Å². The van der Waals surface area contributed by atoms with Crippen molar-refractivity contribution in [2.24, 2.45) is 0 Å². The van der Waals surface area contributed by atoms with Crippen molar-refractivity contribution in [1.82, 2.24) is 0 Å². The van der Waals surface area contributed by atoms with Crippen molar-refractivity contribution < 1.29 is 18.7 Å². The Labute approximate surface area is 141 Å². The van der Waals surface area contributed by atoms with Crippen molar-refractivity contribution in [2.45, 2.75) is 13.8 Å². The zero-order valence-corrected chi connectivity index (χ0v) is 14.2. The van der Waals surface area contributed by atoms with Gasteiger partial charge in [0.1, 0.15) is 5.82 Å². The van der Waals surface area contributed by atoms with Gasteiger partial charge in [-0.05, 0) is 49.2 Å². The number of carbonyl (C=O) groups excluding carboxylic acids is 2. The summed E-state index contributed by atoms with van der Waals surface area (Å²) in [6.45, 7) is 3.21. The Morgan fingerprint density at radius 1 is 1.22 bits per heavy atom. The van der Waals surface area contributed by atoms with Crippen molar-refractivity contribution in [3.05, 3.63) is 63.4 Å². The average molecular weight is 380 g/mol. The zero-order chi connectivity index (χ0) is 17.0. The van der Waals surface area contributed by atoms with Crippen LogP contribution >= 0.6 is 15.9 Å². The van der Waals surface area contributed by atoms with Gasteiger partial charge in [0.05, 0.1) is 11.3 Å². The largest absolute Gasteiger partial charge is 0.452 e. The summed E-state index contributed by atoms with van der Waals surface area (Å²) < 4.78 is 19.2. The molecule has 1 amide bonds. The summed E-state index contributed by atoms with van der Waals surface area (Å²) >= 11 is 3.13. The van der Waals surface area contributed by atoms with Gasteiger partial charge in [-0.1, -0.05) is 28.1 Å². The van der Waals surface area contributed by atoms with Crippen LogP contribution in [0.25, 0.3) is 0 Å². The van der Waals surface area contributed by atoms with E-state index in [1.165, 1.54) is 12.1 Å². The third kappa shape index (κ3) is 4.39. The van der Waals surface area contributed by atoms with Crippen LogP contribution in [0.1, 0.15) is 21.5 Å². The highest BCUT2D eigenvalue weighted by molar-refractivity contribution is 9.10. The number of benzene rings is 2. The van der Waals surface area contributed by atoms with Gasteiger partial charge >= 0.3 is 5.97 Å². The maximum absolute atomic E-state index is 13.6. The molecule has 2 aromatic rings. The predicted molar refractivity (Wildman–Crippen MR) is 88.9 cm³/mol. The van der Waals surface area contributed by atoms with E-state index in [2.05, 4.69) is 21.2 Å². The molecular formula is C17H15BrFNO3. The molecule has 0 radical (unpaired) electrons. The molecule has 6 heteroatoms. The molecule has 0 heterocycles. The summed E-state index contributed by atoms with van der Waals surface area (Å²) in [6.07, 6.45) is 0. The SMILES string of the molecule is Cc1cccc(C(=O)OCC(=O)Nc2ccc(Br)cc2F)c1C. The van der Waals surface area contributed by atoms with Gasteiger partial charge in [0.2, 0.25) is 0 Å². The number of hydrogen-bond donors (Lipinski definition) is 1. The van der Waals surface area contributed by atoms with Gasteiger partial charge in [0.15, 0.2) is 6.61 Å². The molecule has 0 bridgehead atoms. The van der Waals surface area contributed by atoms with Crippen molar-refractivity contribution in [3.8, 4) is 0 Å². The van der Waals surface area contributed by atoms with E-state index in [1.807, 2.05) is 19.9 Å². The zero-order valence-electron chi connectivity index (χ0n) is 12.7. The fourth-order valence-corrected chi connectivity index (χ4v) is 2.29. The van der Waals surface area contributed by atoms with E-state index in [0.717, 1.165) is 11.1 Å². The minimum Gasteiger partial charge on any atom is -0.452 e. The van der Waals surface area contributed by atoms with Gasteiger partial charge in [-0.3, -0.25) is 4.79 Å². The molecule has 0 spiro atoms. The molecule has 0 aliphatic heterocycles. The molecule has 4 nitrogen and oxygen atoms in total. The summed E-state index contributed by atoms with van der Waals surface area (Å²) in [6, 6.07) is 9.52. The Morgan fingerprint density at radius 2 is 1.96 bits per heavy atom. The summed E-state index contributed by atoms with van der Waals surface area (Å²) in [4.78, 5) is 23.8. The molecule has 0 saturated carbocycles. The van der Waals surface area contributed by atoms with E-state index < -0.39 is 24.3 Å². The summed E-state index contributed by atoms with van der Waals surface area (Å²) in [5, 5.41) is 2.36. The van der Waals surface area contributed by atoms with Crippen LogP contribution < -0.4 is 5.32 Å². The fourth-order valence-electron chi connectivity index (χ4n) is 1.96. The van der Waals surface area contributed by atoms with Crippen molar-refractivity contribution in [2.75, 3.05) is 11.9 Å². The molecule has 0 fully saturated rings. The standard InChI is InChI=1S/C17H15BrFNO3/c1-10-4-3-5-13(11(10)2)17(22)23-9-16(21)20-15-7-6-12(18)8-14(15)19/h3-8H,9H2,1-2H3,(H,20,21). The predicted octanol–water partition coefficient (Wildman–Crippen LogP) is 4.00. The monoisotopic (exact) mass is 379 g/mol. The highest BCUT2D eigenvalue weighted by Crippen LogP contribution is 2.19. The smallest absolute Gasteiger partial charge is 0.338 e. The van der Waals surface area contributed by atoms with E-state index in [4.69, 9.17) is 4.74 Å². The minimum absolute atomic E-state index is 0.0287. The second-order valence-corrected chi connectivity index (χ2v) is 5.91. The van der Waals surface area contributed by atoms with Gasteiger partial charge in [-0.15, -0.1) is 0 Å². The van der Waals surface area contributed by atoms with E-state index in [1.54, 1.807) is 18.2 Å². The molecule has 0 atom stereocenters. The fraction of sp³-hybridized carbons (Fsp3) is 0.176. The normalized spacial score (nSPS) is 10.3. The maximum atomic E-state index is 13.6. The molecule has 2 aromatic carbocycles. The number of amides is 1. The highest BCUT2D eigenvalue weighted by atomic mass is 79.9. The first-order valence-corrected chi connectivity index (χ1v) is 7.66. The second kappa shape index (κ2) is 7.37. The lowest BCUT2D eigenvalue weighted by Crippen LogP contribution is -2.21. The van der Waals surface area contributed by atoms with E-state index >= 15 is 0 Å². The number of aryl methyl sites for hydroxylation is 1. The van der Waals surface area contributed by atoms with E-state index in [-0.39, 0.29) is 5.69 Å². The van der Waals surface area contributed by atoms with Crippen molar-refractivity contribution in [3.63, 3.8) is 0 Å². The number of halogens is 2. The number of anilines is 1. The number of nitrogens with one attached hydrogen (secondary N) is 1. The number of rotatable bonds is 4. The Hall–Kier alpha value is -2.21. The van der Waals surface area contributed by atoms with E-state index in [0.29, 0.717) is 10.0 Å². The van der Waals surface area contributed by atoms with Gasteiger partial charge < -0.3 is 10.1 Å². The van der Waals surface area contributed by atoms with Crippen LogP contribution in [0.3, 0.4) is 0 Å². The summed E-state index contributed by atoms with van der Waals surface area (Å²) in [5.74, 6) is -1.77. The Kier molecular flexibility index (Phi) is 5.50. The topological polar surface area (TPSA) is 55.4 Å². The molecule has 0 aliphatic carbocycles. The molecule has 0 aromatic heterocycles. The maximum Gasteiger partial charge on any atom is 0.338 e. The molecule has 120 valence electrons. The third-order valence-electron chi connectivity index (χ3n) is 3.36. The average Bonchev–Trinajstić information content (AvgIpc) is 2.50.